The maximum absolute atomic E-state index is 11.4. The van der Waals surface area contributed by atoms with E-state index in [0.717, 1.165) is 44.8 Å². The molecule has 0 heterocycles. The van der Waals surface area contributed by atoms with Gasteiger partial charge in [-0.1, -0.05) is 64.7 Å². The van der Waals surface area contributed by atoms with Crippen molar-refractivity contribution in [2.24, 2.45) is 0 Å². The molecule has 0 amide bonds. The number of unbranched alkanes of at least 4 members (excludes halogenated alkanes) is 11. The van der Waals surface area contributed by atoms with Gasteiger partial charge in [0.05, 0.1) is 6.61 Å². The molecule has 0 bridgehead atoms. The van der Waals surface area contributed by atoms with Gasteiger partial charge in [0.25, 0.3) is 0 Å². The minimum Gasteiger partial charge on any atom is -0.466 e. The zero-order valence-electron chi connectivity index (χ0n) is 13.9. The molecule has 0 fully saturated rings. The van der Waals surface area contributed by atoms with Crippen LogP contribution >= 0.6 is 0 Å². The first-order valence-corrected chi connectivity index (χ1v) is 8.90. The smallest absolute Gasteiger partial charge is 0.305 e. The van der Waals surface area contributed by atoms with E-state index < -0.39 is 0 Å². The molecular formula is C18H34O3. The maximum Gasteiger partial charge on any atom is 0.305 e. The molecule has 0 N–H and O–H groups in total. The van der Waals surface area contributed by atoms with Gasteiger partial charge in [-0.15, -0.1) is 0 Å². The Balaban J connectivity index is 3.08. The molecular weight excluding hydrogens is 264 g/mol. The highest BCUT2D eigenvalue weighted by molar-refractivity contribution is 5.69. The summed E-state index contributed by atoms with van der Waals surface area (Å²) in [7, 11) is 0. The van der Waals surface area contributed by atoms with Crippen LogP contribution in [-0.4, -0.2) is 18.9 Å². The summed E-state index contributed by atoms with van der Waals surface area (Å²) >= 11 is 0. The SMILES string of the molecule is CCCCOC(=O)CCCCCCCCCCCCC=O. The molecule has 0 saturated heterocycles. The van der Waals surface area contributed by atoms with Crippen molar-refractivity contribution in [3.8, 4) is 0 Å². The van der Waals surface area contributed by atoms with Crippen LogP contribution in [0.3, 0.4) is 0 Å². The average molecular weight is 298 g/mol. The van der Waals surface area contributed by atoms with Crippen molar-refractivity contribution in [3.05, 3.63) is 0 Å². The van der Waals surface area contributed by atoms with Crippen LogP contribution in [-0.2, 0) is 14.3 Å². The zero-order valence-corrected chi connectivity index (χ0v) is 13.9. The highest BCUT2D eigenvalue weighted by atomic mass is 16.5. The number of carbonyl (C=O) groups is 2. The maximum atomic E-state index is 11.4. The predicted molar refractivity (Wildman–Crippen MR) is 87.3 cm³/mol. The molecule has 124 valence electrons. The molecule has 21 heavy (non-hydrogen) atoms. The van der Waals surface area contributed by atoms with Gasteiger partial charge < -0.3 is 9.53 Å². The van der Waals surface area contributed by atoms with Crippen molar-refractivity contribution in [1.82, 2.24) is 0 Å². The number of aldehydes is 1. The Bertz CT molecular complexity index is 239. The van der Waals surface area contributed by atoms with Gasteiger partial charge in [0.15, 0.2) is 0 Å². The third-order valence-corrected chi connectivity index (χ3v) is 3.71. The van der Waals surface area contributed by atoms with Gasteiger partial charge in [-0.25, -0.2) is 0 Å². The van der Waals surface area contributed by atoms with Crippen LogP contribution in [0.15, 0.2) is 0 Å². The summed E-state index contributed by atoms with van der Waals surface area (Å²) in [5.74, 6) is -0.0289. The van der Waals surface area contributed by atoms with Crippen molar-refractivity contribution in [2.75, 3.05) is 6.61 Å². The van der Waals surface area contributed by atoms with E-state index in [1.165, 1.54) is 44.9 Å². The second kappa shape index (κ2) is 17.2. The van der Waals surface area contributed by atoms with Crippen LogP contribution in [0.1, 0.15) is 96.8 Å². The van der Waals surface area contributed by atoms with Crippen molar-refractivity contribution in [3.63, 3.8) is 0 Å². The van der Waals surface area contributed by atoms with Crippen LogP contribution in [0.4, 0.5) is 0 Å². The van der Waals surface area contributed by atoms with Gasteiger partial charge in [-0.2, -0.15) is 0 Å². The second-order valence-electron chi connectivity index (χ2n) is 5.81. The first kappa shape index (κ1) is 20.1. The minimum absolute atomic E-state index is 0.0289. The predicted octanol–water partition coefficient (Wildman–Crippen LogP) is 5.21. The van der Waals surface area contributed by atoms with Crippen molar-refractivity contribution in [1.29, 1.82) is 0 Å². The lowest BCUT2D eigenvalue weighted by atomic mass is 10.1. The molecule has 0 atom stereocenters. The molecule has 0 aliphatic rings. The Morgan fingerprint density at radius 3 is 1.86 bits per heavy atom. The highest BCUT2D eigenvalue weighted by Crippen LogP contribution is 2.12. The molecule has 0 unspecified atom stereocenters. The Labute approximate surface area is 130 Å². The van der Waals surface area contributed by atoms with Gasteiger partial charge in [-0.05, 0) is 19.3 Å². The third kappa shape index (κ3) is 17.1. The standard InChI is InChI=1S/C18H34O3/c1-2-3-17-21-18(20)15-13-11-9-7-5-4-6-8-10-12-14-16-19/h16H,2-15,17H2,1H3. The molecule has 3 nitrogen and oxygen atoms in total. The summed E-state index contributed by atoms with van der Waals surface area (Å²) in [4.78, 5) is 21.5. The molecule has 0 spiro atoms. The molecule has 0 aliphatic carbocycles. The van der Waals surface area contributed by atoms with Crippen molar-refractivity contribution < 1.29 is 14.3 Å². The first-order chi connectivity index (χ1) is 10.3. The number of ether oxygens (including phenoxy) is 1. The van der Waals surface area contributed by atoms with Crippen LogP contribution in [0, 0.1) is 0 Å². The molecule has 0 aromatic carbocycles. The lowest BCUT2D eigenvalue weighted by molar-refractivity contribution is -0.143. The van der Waals surface area contributed by atoms with E-state index in [2.05, 4.69) is 6.92 Å². The van der Waals surface area contributed by atoms with E-state index >= 15 is 0 Å². The summed E-state index contributed by atoms with van der Waals surface area (Å²) in [5, 5.41) is 0. The highest BCUT2D eigenvalue weighted by Gasteiger charge is 2.01. The fourth-order valence-corrected chi connectivity index (χ4v) is 2.31. The van der Waals surface area contributed by atoms with Gasteiger partial charge in [0, 0.05) is 12.8 Å². The Hall–Kier alpha value is -0.860. The normalized spacial score (nSPS) is 10.5. The van der Waals surface area contributed by atoms with Gasteiger partial charge >= 0.3 is 5.97 Å². The molecule has 0 rings (SSSR count). The summed E-state index contributed by atoms with van der Waals surface area (Å²) in [6, 6.07) is 0. The summed E-state index contributed by atoms with van der Waals surface area (Å²) < 4.78 is 5.12. The number of carbonyl (C=O) groups excluding carboxylic acids is 2. The minimum atomic E-state index is -0.0289. The van der Waals surface area contributed by atoms with Gasteiger partial charge in [-0.3, -0.25) is 4.79 Å². The zero-order chi connectivity index (χ0) is 15.6. The lowest BCUT2D eigenvalue weighted by Gasteiger charge is -2.04. The quantitative estimate of drug-likeness (QED) is 0.223. The molecule has 3 heteroatoms. The molecule has 0 saturated carbocycles. The number of hydrogen-bond donors (Lipinski definition) is 0. The van der Waals surface area contributed by atoms with Crippen LogP contribution < -0.4 is 0 Å². The topological polar surface area (TPSA) is 43.4 Å². The van der Waals surface area contributed by atoms with E-state index in [-0.39, 0.29) is 5.97 Å². The van der Waals surface area contributed by atoms with Crippen LogP contribution in [0.2, 0.25) is 0 Å². The van der Waals surface area contributed by atoms with Gasteiger partial charge in [0.2, 0.25) is 0 Å². The molecule has 0 aliphatic heterocycles. The lowest BCUT2D eigenvalue weighted by Crippen LogP contribution is -2.05. The van der Waals surface area contributed by atoms with Crippen LogP contribution in [0.25, 0.3) is 0 Å². The summed E-state index contributed by atoms with van der Waals surface area (Å²) in [5.41, 5.74) is 0. The van der Waals surface area contributed by atoms with E-state index in [4.69, 9.17) is 4.74 Å². The second-order valence-corrected chi connectivity index (χ2v) is 5.81. The largest absolute Gasteiger partial charge is 0.466 e. The fourth-order valence-electron chi connectivity index (χ4n) is 2.31. The summed E-state index contributed by atoms with van der Waals surface area (Å²) in [6.45, 7) is 2.68. The number of hydrogen-bond acceptors (Lipinski definition) is 3. The monoisotopic (exact) mass is 298 g/mol. The van der Waals surface area contributed by atoms with Crippen LogP contribution in [0.5, 0.6) is 0 Å². The average Bonchev–Trinajstić information content (AvgIpc) is 2.48. The number of esters is 1. The number of rotatable bonds is 16. The molecule has 0 aromatic rings. The Kier molecular flexibility index (Phi) is 16.5. The third-order valence-electron chi connectivity index (χ3n) is 3.71. The van der Waals surface area contributed by atoms with Gasteiger partial charge in [0.1, 0.15) is 6.29 Å². The van der Waals surface area contributed by atoms with E-state index in [9.17, 15) is 9.59 Å². The van der Waals surface area contributed by atoms with E-state index in [0.29, 0.717) is 13.0 Å². The Morgan fingerprint density at radius 2 is 1.33 bits per heavy atom. The molecule has 0 aromatic heterocycles. The summed E-state index contributed by atoms with van der Waals surface area (Å²) in [6.07, 6.45) is 16.4. The molecule has 0 radical (unpaired) electrons. The van der Waals surface area contributed by atoms with E-state index in [1.807, 2.05) is 0 Å². The fraction of sp³-hybridized carbons (Fsp3) is 0.889. The first-order valence-electron chi connectivity index (χ1n) is 8.90. The van der Waals surface area contributed by atoms with Crippen molar-refractivity contribution in [2.45, 2.75) is 96.8 Å². The van der Waals surface area contributed by atoms with Crippen molar-refractivity contribution >= 4 is 12.3 Å². The van der Waals surface area contributed by atoms with E-state index in [1.54, 1.807) is 0 Å². The Morgan fingerprint density at radius 1 is 0.810 bits per heavy atom.